The molecule has 2 aromatic heterocycles. The maximum atomic E-state index is 11.0. The van der Waals surface area contributed by atoms with E-state index in [0.29, 0.717) is 23.0 Å². The molecule has 0 aromatic carbocycles. The minimum atomic E-state index is -0.765. The van der Waals surface area contributed by atoms with Gasteiger partial charge >= 0.3 is 5.97 Å². The van der Waals surface area contributed by atoms with E-state index in [-0.39, 0.29) is 19.0 Å². The number of carbonyl (C=O) groups excluding carboxylic acids is 1. The summed E-state index contributed by atoms with van der Waals surface area (Å²) in [4.78, 5) is 15.7. The van der Waals surface area contributed by atoms with E-state index < -0.39 is 12.0 Å². The second-order valence-corrected chi connectivity index (χ2v) is 5.04. The van der Waals surface area contributed by atoms with Crippen LogP contribution in [0.2, 0.25) is 0 Å². The lowest BCUT2D eigenvalue weighted by Crippen LogP contribution is -2.22. The maximum Gasteiger partial charge on any atom is 0.321 e. The number of allylic oxidation sites excluding steroid dienone is 1. The van der Waals surface area contributed by atoms with Gasteiger partial charge in [-0.05, 0) is 42.5 Å². The Hall–Kier alpha value is -2.81. The summed E-state index contributed by atoms with van der Waals surface area (Å²) in [5, 5.41) is 28.1. The van der Waals surface area contributed by atoms with E-state index in [1.165, 1.54) is 25.2 Å². The first-order valence-electron chi connectivity index (χ1n) is 7.42. The molecule has 0 saturated carbocycles. The molecule has 0 bridgehead atoms. The van der Waals surface area contributed by atoms with Gasteiger partial charge in [0.2, 0.25) is 0 Å². The van der Waals surface area contributed by atoms with E-state index in [4.69, 9.17) is 23.9 Å². The molecular weight excluding hydrogens is 330 g/mol. The van der Waals surface area contributed by atoms with Gasteiger partial charge in [-0.25, -0.2) is 0 Å². The van der Waals surface area contributed by atoms with E-state index >= 15 is 0 Å². The summed E-state index contributed by atoms with van der Waals surface area (Å²) < 4.78 is 10.6. The number of hydroxylamine groups is 1. The summed E-state index contributed by atoms with van der Waals surface area (Å²) in [7, 11) is 0. The monoisotopic (exact) mass is 349 g/mol. The molecule has 2 aromatic rings. The first-order chi connectivity index (χ1) is 12.0. The zero-order valence-electron chi connectivity index (χ0n) is 13.5. The van der Waals surface area contributed by atoms with E-state index in [9.17, 15) is 9.90 Å². The molecule has 0 saturated heterocycles. The standard InChI is InChI=1S/C17H19NO7/c1-11(21)25-18-16(17-7-6-15(10-20)24-17)8-12(22)2-3-13-4-5-14(9-19)23-13/h2-8,16,18-20,22H,9-10H2,1H3/b3-2+,12-8-. The number of carbonyl (C=O) groups is 1. The smallest absolute Gasteiger partial charge is 0.321 e. The van der Waals surface area contributed by atoms with Gasteiger partial charge in [0.05, 0.1) is 0 Å². The van der Waals surface area contributed by atoms with Crippen molar-refractivity contribution in [1.82, 2.24) is 5.48 Å². The van der Waals surface area contributed by atoms with Gasteiger partial charge in [-0.2, -0.15) is 0 Å². The van der Waals surface area contributed by atoms with Crippen molar-refractivity contribution in [3.63, 3.8) is 0 Å². The number of furan rings is 2. The predicted molar refractivity (Wildman–Crippen MR) is 86.7 cm³/mol. The maximum absolute atomic E-state index is 11.0. The van der Waals surface area contributed by atoms with Gasteiger partial charge in [0.25, 0.3) is 0 Å². The normalized spacial score (nSPS) is 13.3. The van der Waals surface area contributed by atoms with Crippen molar-refractivity contribution in [2.24, 2.45) is 0 Å². The summed E-state index contributed by atoms with van der Waals surface area (Å²) in [6.07, 6.45) is 4.24. The third-order valence-electron chi connectivity index (χ3n) is 3.07. The van der Waals surface area contributed by atoms with Crippen LogP contribution in [-0.2, 0) is 22.8 Å². The van der Waals surface area contributed by atoms with Crippen LogP contribution in [-0.4, -0.2) is 21.3 Å². The van der Waals surface area contributed by atoms with Crippen molar-refractivity contribution in [2.45, 2.75) is 26.2 Å². The average Bonchev–Trinajstić information content (AvgIpc) is 3.25. The van der Waals surface area contributed by atoms with Gasteiger partial charge in [-0.3, -0.25) is 4.79 Å². The zero-order chi connectivity index (χ0) is 18.2. The Kier molecular flexibility index (Phi) is 6.58. The van der Waals surface area contributed by atoms with Crippen LogP contribution in [0.4, 0.5) is 0 Å². The molecule has 1 unspecified atom stereocenters. The molecule has 0 aliphatic heterocycles. The Morgan fingerprint density at radius 3 is 2.48 bits per heavy atom. The van der Waals surface area contributed by atoms with Crippen molar-refractivity contribution >= 4 is 12.0 Å². The lowest BCUT2D eigenvalue weighted by Gasteiger charge is -2.11. The fourth-order valence-electron chi connectivity index (χ4n) is 1.93. The largest absolute Gasteiger partial charge is 0.508 e. The summed E-state index contributed by atoms with van der Waals surface area (Å²) >= 11 is 0. The fraction of sp³-hybridized carbons (Fsp3) is 0.235. The first-order valence-corrected chi connectivity index (χ1v) is 7.42. The number of hydrogen-bond acceptors (Lipinski definition) is 8. The Morgan fingerprint density at radius 2 is 1.88 bits per heavy atom. The third-order valence-corrected chi connectivity index (χ3v) is 3.07. The summed E-state index contributed by atoms with van der Waals surface area (Å²) in [5.74, 6) is 0.827. The van der Waals surface area contributed by atoms with E-state index in [0.717, 1.165) is 0 Å². The number of hydrogen-bond donors (Lipinski definition) is 4. The van der Waals surface area contributed by atoms with Crippen molar-refractivity contribution < 1.29 is 33.8 Å². The molecule has 8 heteroatoms. The molecular formula is C17H19NO7. The number of aliphatic hydroxyl groups is 3. The molecule has 0 radical (unpaired) electrons. The van der Waals surface area contributed by atoms with Crippen molar-refractivity contribution in [3.8, 4) is 0 Å². The van der Waals surface area contributed by atoms with Gasteiger partial charge < -0.3 is 29.0 Å². The molecule has 2 rings (SSSR count). The van der Waals surface area contributed by atoms with Crippen LogP contribution in [0.15, 0.2) is 51.0 Å². The van der Waals surface area contributed by atoms with Crippen LogP contribution in [0.3, 0.4) is 0 Å². The molecule has 1 atom stereocenters. The van der Waals surface area contributed by atoms with Gasteiger partial charge in [0.1, 0.15) is 48.1 Å². The predicted octanol–water partition coefficient (Wildman–Crippen LogP) is 2.12. The van der Waals surface area contributed by atoms with Crippen LogP contribution >= 0.6 is 0 Å². The number of nitrogens with one attached hydrogen (secondary N) is 1. The molecule has 0 fully saturated rings. The van der Waals surface area contributed by atoms with Crippen molar-refractivity contribution in [3.05, 3.63) is 65.2 Å². The van der Waals surface area contributed by atoms with Gasteiger partial charge in [-0.1, -0.05) is 0 Å². The van der Waals surface area contributed by atoms with E-state index in [1.807, 2.05) is 0 Å². The molecule has 25 heavy (non-hydrogen) atoms. The van der Waals surface area contributed by atoms with Crippen molar-refractivity contribution in [1.29, 1.82) is 0 Å². The molecule has 4 N–H and O–H groups in total. The SMILES string of the molecule is CC(=O)ONC(/C=C(O)/C=C/c1ccc(CO)o1)c1ccc(CO)o1. The molecule has 134 valence electrons. The average molecular weight is 349 g/mol. The quantitative estimate of drug-likeness (QED) is 0.324. The Morgan fingerprint density at radius 1 is 1.20 bits per heavy atom. The summed E-state index contributed by atoms with van der Waals surface area (Å²) in [6.45, 7) is 0.738. The Balaban J connectivity index is 2.14. The van der Waals surface area contributed by atoms with E-state index in [2.05, 4.69) is 5.48 Å². The number of rotatable bonds is 8. The Bertz CT molecular complexity index is 757. The first kappa shape index (κ1) is 18.5. The highest BCUT2D eigenvalue weighted by atomic mass is 16.7. The lowest BCUT2D eigenvalue weighted by atomic mass is 10.2. The van der Waals surface area contributed by atoms with Crippen LogP contribution in [0, 0.1) is 0 Å². The minimum absolute atomic E-state index is 0.145. The van der Waals surface area contributed by atoms with Crippen LogP contribution in [0.5, 0.6) is 0 Å². The number of aliphatic hydroxyl groups excluding tert-OH is 3. The zero-order valence-corrected chi connectivity index (χ0v) is 13.5. The second-order valence-electron chi connectivity index (χ2n) is 5.04. The summed E-state index contributed by atoms with van der Waals surface area (Å²) in [6, 6.07) is 5.64. The third kappa shape index (κ3) is 5.64. The Labute approximate surface area is 143 Å². The van der Waals surface area contributed by atoms with Crippen molar-refractivity contribution in [2.75, 3.05) is 0 Å². The molecule has 0 aliphatic carbocycles. The summed E-state index contributed by atoms with van der Waals surface area (Å²) in [5.41, 5.74) is 2.46. The van der Waals surface area contributed by atoms with Crippen LogP contribution in [0.1, 0.15) is 36.0 Å². The van der Waals surface area contributed by atoms with Gasteiger partial charge in [-0.15, -0.1) is 5.48 Å². The highest BCUT2D eigenvalue weighted by molar-refractivity contribution is 5.65. The highest BCUT2D eigenvalue weighted by Gasteiger charge is 2.15. The van der Waals surface area contributed by atoms with Gasteiger partial charge in [0.15, 0.2) is 0 Å². The van der Waals surface area contributed by atoms with Crippen LogP contribution < -0.4 is 5.48 Å². The molecule has 8 nitrogen and oxygen atoms in total. The molecule has 0 amide bonds. The van der Waals surface area contributed by atoms with Crippen LogP contribution in [0.25, 0.3) is 6.08 Å². The second kappa shape index (κ2) is 8.88. The molecule has 2 heterocycles. The minimum Gasteiger partial charge on any atom is -0.508 e. The fourth-order valence-corrected chi connectivity index (χ4v) is 1.93. The van der Waals surface area contributed by atoms with Gasteiger partial charge in [0, 0.05) is 6.92 Å². The highest BCUT2D eigenvalue weighted by Crippen LogP contribution is 2.20. The topological polar surface area (TPSA) is 125 Å². The lowest BCUT2D eigenvalue weighted by molar-refractivity contribution is -0.149. The molecule has 0 aliphatic rings. The van der Waals surface area contributed by atoms with E-state index in [1.54, 1.807) is 24.3 Å². The molecule has 0 spiro atoms.